The average Bonchev–Trinajstić information content (AvgIpc) is 2.59. The lowest BCUT2D eigenvalue weighted by atomic mass is 10.3. The number of hydrogen-bond acceptors (Lipinski definition) is 4. The van der Waals surface area contributed by atoms with E-state index in [9.17, 15) is 4.79 Å². The smallest absolute Gasteiger partial charge is 0.319 e. The number of para-hydroxylation sites is 1. The molecule has 6 nitrogen and oxygen atoms in total. The summed E-state index contributed by atoms with van der Waals surface area (Å²) in [6.45, 7) is 0.778. The molecule has 0 aliphatic heterocycles. The van der Waals surface area contributed by atoms with Crippen LogP contribution in [0.2, 0.25) is 0 Å². The number of methoxy groups -OCH3 is 2. The summed E-state index contributed by atoms with van der Waals surface area (Å²) in [5, 5.41) is 5.44. The van der Waals surface area contributed by atoms with Crippen molar-refractivity contribution in [1.29, 1.82) is 0 Å². The summed E-state index contributed by atoms with van der Waals surface area (Å²) in [4.78, 5) is 11.9. The van der Waals surface area contributed by atoms with Crippen LogP contribution in [0.1, 0.15) is 0 Å². The first-order chi connectivity index (χ1) is 11.2. The van der Waals surface area contributed by atoms with Crippen LogP contribution in [-0.2, 0) is 0 Å². The van der Waals surface area contributed by atoms with E-state index in [1.165, 1.54) is 0 Å². The van der Waals surface area contributed by atoms with Gasteiger partial charge in [-0.2, -0.15) is 0 Å². The van der Waals surface area contributed by atoms with E-state index in [1.807, 2.05) is 30.3 Å². The van der Waals surface area contributed by atoms with Gasteiger partial charge in [0, 0.05) is 23.9 Å². The summed E-state index contributed by atoms with van der Waals surface area (Å²) in [7, 11) is 3.11. The van der Waals surface area contributed by atoms with Crippen LogP contribution in [0, 0.1) is 0 Å². The summed E-state index contributed by atoms with van der Waals surface area (Å²) in [6, 6.07) is 14.3. The van der Waals surface area contributed by atoms with Crippen LogP contribution in [0.15, 0.2) is 48.5 Å². The molecule has 2 aromatic carbocycles. The number of amides is 2. The second kappa shape index (κ2) is 8.53. The van der Waals surface area contributed by atoms with Gasteiger partial charge in [0.15, 0.2) is 0 Å². The fraction of sp³-hybridized carbons (Fsp3) is 0.235. The zero-order chi connectivity index (χ0) is 16.5. The molecule has 6 heteroatoms. The number of hydrogen-bond donors (Lipinski definition) is 2. The van der Waals surface area contributed by atoms with E-state index in [4.69, 9.17) is 14.2 Å². The molecule has 0 heterocycles. The van der Waals surface area contributed by atoms with Gasteiger partial charge in [-0.05, 0) is 12.1 Å². The van der Waals surface area contributed by atoms with Gasteiger partial charge in [0.1, 0.15) is 23.9 Å². The van der Waals surface area contributed by atoms with Crippen LogP contribution in [0.3, 0.4) is 0 Å². The van der Waals surface area contributed by atoms with Crippen LogP contribution in [0.5, 0.6) is 17.2 Å². The molecule has 23 heavy (non-hydrogen) atoms. The summed E-state index contributed by atoms with van der Waals surface area (Å²) < 4.78 is 15.8. The van der Waals surface area contributed by atoms with Gasteiger partial charge in [-0.25, -0.2) is 4.79 Å². The molecular weight excluding hydrogens is 296 g/mol. The van der Waals surface area contributed by atoms with Crippen molar-refractivity contribution >= 4 is 11.7 Å². The van der Waals surface area contributed by atoms with Gasteiger partial charge in [0.2, 0.25) is 0 Å². The van der Waals surface area contributed by atoms with Crippen molar-refractivity contribution in [3.63, 3.8) is 0 Å². The maximum atomic E-state index is 11.9. The lowest BCUT2D eigenvalue weighted by molar-refractivity contribution is 0.247. The molecule has 2 aromatic rings. The molecule has 0 atom stereocenters. The number of nitrogens with one attached hydrogen (secondary N) is 2. The number of ether oxygens (including phenoxy) is 3. The Labute approximate surface area is 135 Å². The van der Waals surface area contributed by atoms with Gasteiger partial charge in [-0.3, -0.25) is 0 Å². The molecular formula is C17H20N2O4. The van der Waals surface area contributed by atoms with Gasteiger partial charge in [-0.1, -0.05) is 18.2 Å². The van der Waals surface area contributed by atoms with E-state index in [0.29, 0.717) is 30.3 Å². The molecule has 0 aliphatic rings. The fourth-order valence-electron chi connectivity index (χ4n) is 1.91. The molecule has 0 saturated carbocycles. The Morgan fingerprint density at radius 2 is 1.61 bits per heavy atom. The third-order valence-electron chi connectivity index (χ3n) is 3.01. The molecule has 122 valence electrons. The molecule has 0 fully saturated rings. The molecule has 0 aromatic heterocycles. The molecule has 0 saturated heterocycles. The molecule has 0 radical (unpaired) electrons. The Kier molecular flexibility index (Phi) is 6.11. The Hall–Kier alpha value is -2.89. The number of carbonyl (C=O) groups is 1. The van der Waals surface area contributed by atoms with E-state index >= 15 is 0 Å². The van der Waals surface area contributed by atoms with Gasteiger partial charge in [-0.15, -0.1) is 0 Å². The number of rotatable bonds is 7. The second-order valence-corrected chi connectivity index (χ2v) is 4.64. The minimum Gasteiger partial charge on any atom is -0.497 e. The topological polar surface area (TPSA) is 68.8 Å². The van der Waals surface area contributed by atoms with E-state index in [2.05, 4.69) is 10.6 Å². The SMILES string of the molecule is COc1cc(NC(=O)NCCOc2ccccc2)cc(OC)c1. The van der Waals surface area contributed by atoms with Crippen LogP contribution in [0.25, 0.3) is 0 Å². The van der Waals surface area contributed by atoms with Gasteiger partial charge in [0.25, 0.3) is 0 Å². The summed E-state index contributed by atoms with van der Waals surface area (Å²) in [6.07, 6.45) is 0. The molecule has 2 amide bonds. The van der Waals surface area contributed by atoms with Crippen LogP contribution < -0.4 is 24.8 Å². The monoisotopic (exact) mass is 316 g/mol. The van der Waals surface area contributed by atoms with Gasteiger partial charge < -0.3 is 24.8 Å². The van der Waals surface area contributed by atoms with Crippen molar-refractivity contribution < 1.29 is 19.0 Å². The van der Waals surface area contributed by atoms with E-state index in [1.54, 1.807) is 32.4 Å². The Morgan fingerprint density at radius 1 is 0.957 bits per heavy atom. The first-order valence-electron chi connectivity index (χ1n) is 7.17. The minimum atomic E-state index is -0.322. The standard InChI is InChI=1S/C17H20N2O4/c1-21-15-10-13(11-16(12-15)22-2)19-17(20)18-8-9-23-14-6-4-3-5-7-14/h3-7,10-12H,8-9H2,1-2H3,(H2,18,19,20). The highest BCUT2D eigenvalue weighted by Crippen LogP contribution is 2.25. The van der Waals surface area contributed by atoms with Gasteiger partial charge in [0.05, 0.1) is 20.8 Å². The lowest BCUT2D eigenvalue weighted by Gasteiger charge is -2.11. The van der Waals surface area contributed by atoms with Crippen molar-refractivity contribution in [1.82, 2.24) is 5.32 Å². The Morgan fingerprint density at radius 3 is 2.22 bits per heavy atom. The maximum Gasteiger partial charge on any atom is 0.319 e. The summed E-state index contributed by atoms with van der Waals surface area (Å²) in [5.41, 5.74) is 0.586. The highest BCUT2D eigenvalue weighted by molar-refractivity contribution is 5.89. The first-order valence-corrected chi connectivity index (χ1v) is 7.17. The lowest BCUT2D eigenvalue weighted by Crippen LogP contribution is -2.32. The zero-order valence-corrected chi connectivity index (χ0v) is 13.2. The molecule has 0 bridgehead atoms. The summed E-state index contributed by atoms with van der Waals surface area (Å²) in [5.74, 6) is 1.98. The Bertz CT molecular complexity index is 609. The van der Waals surface area contributed by atoms with Crippen molar-refractivity contribution in [2.24, 2.45) is 0 Å². The third kappa shape index (κ3) is 5.43. The number of anilines is 1. The predicted octanol–water partition coefficient (Wildman–Crippen LogP) is 2.90. The second-order valence-electron chi connectivity index (χ2n) is 4.64. The largest absolute Gasteiger partial charge is 0.497 e. The third-order valence-corrected chi connectivity index (χ3v) is 3.01. The van der Waals surface area contributed by atoms with Crippen molar-refractivity contribution in [3.05, 3.63) is 48.5 Å². The molecule has 0 spiro atoms. The average molecular weight is 316 g/mol. The van der Waals surface area contributed by atoms with Gasteiger partial charge >= 0.3 is 6.03 Å². The van der Waals surface area contributed by atoms with Crippen LogP contribution in [0.4, 0.5) is 10.5 Å². The van der Waals surface area contributed by atoms with E-state index < -0.39 is 0 Å². The maximum absolute atomic E-state index is 11.9. The van der Waals surface area contributed by atoms with Crippen molar-refractivity contribution in [2.45, 2.75) is 0 Å². The highest BCUT2D eigenvalue weighted by atomic mass is 16.5. The first kappa shape index (κ1) is 16.5. The summed E-state index contributed by atoms with van der Waals surface area (Å²) >= 11 is 0. The minimum absolute atomic E-state index is 0.322. The normalized spacial score (nSPS) is 9.83. The number of benzene rings is 2. The van der Waals surface area contributed by atoms with E-state index in [-0.39, 0.29) is 6.03 Å². The van der Waals surface area contributed by atoms with Crippen molar-refractivity contribution in [3.8, 4) is 17.2 Å². The fourth-order valence-corrected chi connectivity index (χ4v) is 1.91. The molecule has 2 rings (SSSR count). The molecule has 0 aliphatic carbocycles. The number of carbonyl (C=O) groups excluding carboxylic acids is 1. The molecule has 0 unspecified atom stereocenters. The predicted molar refractivity (Wildman–Crippen MR) is 88.5 cm³/mol. The zero-order valence-electron chi connectivity index (χ0n) is 13.2. The molecule has 2 N–H and O–H groups in total. The van der Waals surface area contributed by atoms with Crippen molar-refractivity contribution in [2.75, 3.05) is 32.7 Å². The quantitative estimate of drug-likeness (QED) is 0.771. The highest BCUT2D eigenvalue weighted by Gasteiger charge is 2.05. The number of urea groups is 1. The Balaban J connectivity index is 1.78. The van der Waals surface area contributed by atoms with Crippen LogP contribution in [-0.4, -0.2) is 33.4 Å². The van der Waals surface area contributed by atoms with Crippen LogP contribution >= 0.6 is 0 Å². The van der Waals surface area contributed by atoms with E-state index in [0.717, 1.165) is 5.75 Å².